The number of pyridine rings is 3. The van der Waals surface area contributed by atoms with Gasteiger partial charge in [0.05, 0.1) is 18.1 Å². The number of hydrogen-bond acceptors (Lipinski definition) is 5. The van der Waals surface area contributed by atoms with Crippen LogP contribution in [0.2, 0.25) is 0 Å². The number of carbonyl (C=O) groups is 1. The molecule has 7 nitrogen and oxygen atoms in total. The molecule has 3 rings (SSSR count). The predicted molar refractivity (Wildman–Crippen MR) is 107 cm³/mol. The SMILES string of the molecule is CC[C@@H](NC(=O)c1cn(-c2ncc(F)cc2F)c2nc(NCC(F)F)ccc2c1=O)C(F)(F)F. The fourth-order valence-corrected chi connectivity index (χ4v) is 3.04. The molecule has 0 aliphatic carbocycles. The molecule has 0 aliphatic heterocycles. The van der Waals surface area contributed by atoms with Gasteiger partial charge in [0, 0.05) is 12.3 Å². The second kappa shape index (κ2) is 9.65. The standard InChI is InChI=1S/C20H16F7N5O2/c1-2-13(20(25,26)27)30-19(34)11-8-32(18-12(22)5-9(21)6-29-18)17-10(16(11)33)3-4-15(31-17)28-7-14(23)24/h3-6,8,13-14H,2,7H2,1H3,(H,28,31)(H,30,34)/t13-/m1/s1. The minimum Gasteiger partial charge on any atom is -0.364 e. The number of anilines is 1. The summed E-state index contributed by atoms with van der Waals surface area (Å²) >= 11 is 0. The van der Waals surface area contributed by atoms with Crippen LogP contribution in [0.4, 0.5) is 36.6 Å². The molecule has 0 unspecified atom stereocenters. The van der Waals surface area contributed by atoms with E-state index in [1.165, 1.54) is 6.92 Å². The van der Waals surface area contributed by atoms with Crippen molar-refractivity contribution in [3.8, 4) is 5.82 Å². The van der Waals surface area contributed by atoms with Crippen LogP contribution in [0.25, 0.3) is 16.9 Å². The summed E-state index contributed by atoms with van der Waals surface area (Å²) in [5.74, 6) is -4.48. The van der Waals surface area contributed by atoms with Crippen LogP contribution in [0.5, 0.6) is 0 Å². The average molecular weight is 491 g/mol. The summed E-state index contributed by atoms with van der Waals surface area (Å²) in [6, 6.07) is 0.385. The van der Waals surface area contributed by atoms with Crippen molar-refractivity contribution in [1.82, 2.24) is 19.9 Å². The zero-order chi connectivity index (χ0) is 25.2. The van der Waals surface area contributed by atoms with Gasteiger partial charge in [-0.2, -0.15) is 13.2 Å². The summed E-state index contributed by atoms with van der Waals surface area (Å²) < 4.78 is 92.9. The molecule has 0 aromatic carbocycles. The first-order valence-corrected chi connectivity index (χ1v) is 9.69. The van der Waals surface area contributed by atoms with Crippen LogP contribution in [0.3, 0.4) is 0 Å². The van der Waals surface area contributed by atoms with Gasteiger partial charge in [-0.15, -0.1) is 0 Å². The van der Waals surface area contributed by atoms with E-state index in [-0.39, 0.29) is 16.9 Å². The summed E-state index contributed by atoms with van der Waals surface area (Å²) in [6.45, 7) is 0.370. The Morgan fingerprint density at radius 1 is 1.21 bits per heavy atom. The van der Waals surface area contributed by atoms with E-state index in [4.69, 9.17) is 0 Å². The van der Waals surface area contributed by atoms with Gasteiger partial charge in [-0.25, -0.2) is 27.5 Å². The number of fused-ring (bicyclic) bond motifs is 1. The number of amides is 1. The fraction of sp³-hybridized carbons (Fsp3) is 0.300. The monoisotopic (exact) mass is 491 g/mol. The smallest absolute Gasteiger partial charge is 0.364 e. The number of alkyl halides is 5. The summed E-state index contributed by atoms with van der Waals surface area (Å²) in [4.78, 5) is 33.0. The number of hydrogen-bond donors (Lipinski definition) is 2. The first-order chi connectivity index (χ1) is 15.9. The highest BCUT2D eigenvalue weighted by atomic mass is 19.4. The van der Waals surface area contributed by atoms with Crippen molar-refractivity contribution in [3.63, 3.8) is 0 Å². The topological polar surface area (TPSA) is 88.9 Å². The minimum atomic E-state index is -4.79. The fourth-order valence-electron chi connectivity index (χ4n) is 3.04. The third kappa shape index (κ3) is 5.26. The summed E-state index contributed by atoms with van der Waals surface area (Å²) in [5, 5.41) is 3.65. The Bertz CT molecular complexity index is 1280. The normalized spacial score (nSPS) is 12.7. The molecule has 1 atom stereocenters. The molecule has 3 heterocycles. The molecule has 2 N–H and O–H groups in total. The van der Waals surface area contributed by atoms with Crippen molar-refractivity contribution in [1.29, 1.82) is 0 Å². The second-order valence-corrected chi connectivity index (χ2v) is 7.02. The Balaban J connectivity index is 2.22. The number of halogens is 7. The lowest BCUT2D eigenvalue weighted by atomic mass is 10.1. The van der Waals surface area contributed by atoms with Gasteiger partial charge in [-0.05, 0) is 18.6 Å². The first kappa shape index (κ1) is 24.9. The van der Waals surface area contributed by atoms with Crippen LogP contribution in [-0.4, -0.2) is 45.6 Å². The van der Waals surface area contributed by atoms with Crippen LogP contribution >= 0.6 is 0 Å². The van der Waals surface area contributed by atoms with Crippen LogP contribution in [0, 0.1) is 11.6 Å². The number of nitrogens with one attached hydrogen (secondary N) is 2. The number of nitrogens with zero attached hydrogens (tertiary/aromatic N) is 3. The maximum Gasteiger partial charge on any atom is 0.408 e. The molecule has 3 aromatic heterocycles. The van der Waals surface area contributed by atoms with E-state index in [2.05, 4.69) is 15.3 Å². The van der Waals surface area contributed by atoms with E-state index in [0.717, 1.165) is 16.7 Å². The molecule has 0 radical (unpaired) electrons. The molecule has 14 heteroatoms. The van der Waals surface area contributed by atoms with E-state index in [1.54, 1.807) is 5.32 Å². The van der Waals surface area contributed by atoms with E-state index in [9.17, 15) is 40.3 Å². The van der Waals surface area contributed by atoms with Gasteiger partial charge in [-0.1, -0.05) is 6.92 Å². The van der Waals surface area contributed by atoms with Gasteiger partial charge in [0.2, 0.25) is 5.43 Å². The van der Waals surface area contributed by atoms with Crippen LogP contribution < -0.4 is 16.1 Å². The highest BCUT2D eigenvalue weighted by Crippen LogP contribution is 2.23. The quantitative estimate of drug-likeness (QED) is 0.491. The maximum absolute atomic E-state index is 14.5. The molecular weight excluding hydrogens is 475 g/mol. The van der Waals surface area contributed by atoms with Gasteiger partial charge >= 0.3 is 6.18 Å². The van der Waals surface area contributed by atoms with E-state index in [1.807, 2.05) is 0 Å². The molecule has 3 aromatic rings. The third-order valence-corrected chi connectivity index (χ3v) is 4.66. The largest absolute Gasteiger partial charge is 0.408 e. The summed E-state index contributed by atoms with van der Waals surface area (Å²) in [5.41, 5.74) is -2.20. The van der Waals surface area contributed by atoms with Gasteiger partial charge < -0.3 is 10.6 Å². The molecule has 0 saturated carbocycles. The average Bonchev–Trinajstić information content (AvgIpc) is 2.75. The van der Waals surface area contributed by atoms with Gasteiger partial charge in [0.1, 0.15) is 23.2 Å². The molecule has 1 amide bonds. The van der Waals surface area contributed by atoms with Crippen LogP contribution in [0.15, 0.2) is 35.4 Å². The Morgan fingerprint density at radius 3 is 2.50 bits per heavy atom. The van der Waals surface area contributed by atoms with Gasteiger partial charge in [0.15, 0.2) is 17.3 Å². The maximum atomic E-state index is 14.5. The molecular formula is C20H16F7N5O2. The Kier molecular flexibility index (Phi) is 7.07. The Morgan fingerprint density at radius 2 is 1.91 bits per heavy atom. The van der Waals surface area contributed by atoms with Gasteiger partial charge in [0.25, 0.3) is 12.3 Å². The van der Waals surface area contributed by atoms with Gasteiger partial charge in [-0.3, -0.25) is 14.2 Å². The molecule has 34 heavy (non-hydrogen) atoms. The summed E-state index contributed by atoms with van der Waals surface area (Å²) in [7, 11) is 0. The lowest BCUT2D eigenvalue weighted by molar-refractivity contribution is -0.153. The molecule has 0 bridgehead atoms. The first-order valence-electron chi connectivity index (χ1n) is 9.69. The zero-order valence-electron chi connectivity index (χ0n) is 17.3. The number of rotatable bonds is 7. The Labute approximate surface area is 186 Å². The third-order valence-electron chi connectivity index (χ3n) is 4.66. The van der Waals surface area contributed by atoms with Crippen molar-refractivity contribution in [2.24, 2.45) is 0 Å². The Hall–Kier alpha value is -3.71. The predicted octanol–water partition coefficient (Wildman–Crippen LogP) is 3.81. The lowest BCUT2D eigenvalue weighted by Gasteiger charge is -2.20. The van der Waals surface area contributed by atoms with Crippen molar-refractivity contribution in [2.75, 3.05) is 11.9 Å². The molecule has 0 fully saturated rings. The van der Waals surface area contributed by atoms with E-state index < -0.39 is 66.0 Å². The highest BCUT2D eigenvalue weighted by Gasteiger charge is 2.39. The van der Waals surface area contributed by atoms with E-state index in [0.29, 0.717) is 18.5 Å². The number of aromatic nitrogens is 3. The van der Waals surface area contributed by atoms with Crippen LogP contribution in [-0.2, 0) is 0 Å². The van der Waals surface area contributed by atoms with Crippen molar-refractivity contribution < 1.29 is 35.5 Å². The molecule has 182 valence electrons. The van der Waals surface area contributed by atoms with Crippen LogP contribution in [0.1, 0.15) is 23.7 Å². The van der Waals surface area contributed by atoms with Crippen molar-refractivity contribution in [2.45, 2.75) is 32.0 Å². The minimum absolute atomic E-state index is 0.149. The van der Waals surface area contributed by atoms with Crippen molar-refractivity contribution >= 4 is 22.8 Å². The highest BCUT2D eigenvalue weighted by molar-refractivity contribution is 5.97. The molecule has 0 saturated heterocycles. The van der Waals surface area contributed by atoms with Crippen molar-refractivity contribution in [3.05, 3.63) is 58.0 Å². The molecule has 0 spiro atoms. The second-order valence-electron chi connectivity index (χ2n) is 7.02. The lowest BCUT2D eigenvalue weighted by Crippen LogP contribution is -2.46. The summed E-state index contributed by atoms with van der Waals surface area (Å²) in [6.07, 6.45) is -6.74. The van der Waals surface area contributed by atoms with E-state index >= 15 is 0 Å². The number of carbonyl (C=O) groups excluding carboxylic acids is 1. The molecule has 0 aliphatic rings. The zero-order valence-corrected chi connectivity index (χ0v) is 17.3.